The number of Topliss-reactive ketones (excluding diaryl/α,β-unsaturated/α-hetero) is 1. The summed E-state index contributed by atoms with van der Waals surface area (Å²) < 4.78 is 16.6. The van der Waals surface area contributed by atoms with Crippen LogP contribution >= 0.6 is 7.37 Å². The summed E-state index contributed by atoms with van der Waals surface area (Å²) >= 11 is 0. The third-order valence-electron chi connectivity index (χ3n) is 3.57. The summed E-state index contributed by atoms with van der Waals surface area (Å²) in [5, 5.41) is 0. The third kappa shape index (κ3) is 6.49. The molecule has 20 heavy (non-hydrogen) atoms. The van der Waals surface area contributed by atoms with Gasteiger partial charge in [0.25, 0.3) is 0 Å². The van der Waals surface area contributed by atoms with E-state index in [2.05, 4.69) is 12.1 Å². The number of unbranched alkanes of at least 4 members (excludes halogenated alkanes) is 1. The van der Waals surface area contributed by atoms with Gasteiger partial charge >= 0.3 is 0 Å². The second-order valence-electron chi connectivity index (χ2n) is 5.45. The molecule has 3 nitrogen and oxygen atoms in total. The van der Waals surface area contributed by atoms with Gasteiger partial charge in [0.2, 0.25) is 7.37 Å². The molecular weight excluding hydrogens is 271 g/mol. The quantitative estimate of drug-likeness (QED) is 0.507. The molecule has 0 radical (unpaired) electrons. The fraction of sp³-hybridized carbons (Fsp3) is 0.562. The summed E-state index contributed by atoms with van der Waals surface area (Å²) in [6.07, 6.45) is 4.06. The molecule has 0 saturated carbocycles. The highest BCUT2D eigenvalue weighted by atomic mass is 31.2. The number of carbonyl (C=O) groups is 1. The normalized spacial score (nSPS) is 15.6. The van der Waals surface area contributed by atoms with Crippen molar-refractivity contribution < 1.29 is 13.9 Å². The monoisotopic (exact) mass is 296 g/mol. The second kappa shape index (κ2) is 8.39. The average Bonchev–Trinajstić information content (AvgIpc) is 2.44. The third-order valence-corrected chi connectivity index (χ3v) is 5.23. The molecule has 0 saturated heterocycles. The SMILES string of the molecule is COP(C)(=O)CC(=O)[C@@H](C)CCCCc1ccccc1. The van der Waals surface area contributed by atoms with Gasteiger partial charge in [0.1, 0.15) is 5.78 Å². The molecule has 1 unspecified atom stereocenters. The van der Waals surface area contributed by atoms with Crippen molar-refractivity contribution in [3.8, 4) is 0 Å². The zero-order valence-corrected chi connectivity index (χ0v) is 13.6. The molecule has 0 bridgehead atoms. The van der Waals surface area contributed by atoms with Crippen molar-refractivity contribution in [1.29, 1.82) is 0 Å². The summed E-state index contributed by atoms with van der Waals surface area (Å²) in [6, 6.07) is 10.4. The Morgan fingerprint density at radius 1 is 1.25 bits per heavy atom. The molecule has 1 aromatic rings. The van der Waals surface area contributed by atoms with Crippen LogP contribution < -0.4 is 0 Å². The largest absolute Gasteiger partial charge is 0.332 e. The molecule has 0 heterocycles. The van der Waals surface area contributed by atoms with Crippen LogP contribution in [0.25, 0.3) is 0 Å². The van der Waals surface area contributed by atoms with Gasteiger partial charge in [-0.1, -0.05) is 43.7 Å². The van der Waals surface area contributed by atoms with Crippen LogP contribution in [0, 0.1) is 5.92 Å². The lowest BCUT2D eigenvalue weighted by Gasteiger charge is -2.14. The molecule has 0 spiro atoms. The number of hydrogen-bond donors (Lipinski definition) is 0. The van der Waals surface area contributed by atoms with Gasteiger partial charge in [-0.2, -0.15) is 0 Å². The van der Waals surface area contributed by atoms with Gasteiger partial charge in [-0.05, 0) is 24.8 Å². The Morgan fingerprint density at radius 3 is 2.50 bits per heavy atom. The molecule has 0 amide bonds. The standard InChI is InChI=1S/C16H25O3P/c1-14(16(17)13-20(3,18)19-2)9-7-8-12-15-10-5-4-6-11-15/h4-6,10-11,14H,7-9,12-13H2,1-3H3/t14-,20?/m0/s1. The first-order valence-corrected chi connectivity index (χ1v) is 9.39. The highest BCUT2D eigenvalue weighted by Gasteiger charge is 2.22. The molecule has 0 aromatic heterocycles. The topological polar surface area (TPSA) is 43.4 Å². The van der Waals surface area contributed by atoms with E-state index in [0.29, 0.717) is 0 Å². The van der Waals surface area contributed by atoms with E-state index < -0.39 is 7.37 Å². The minimum atomic E-state index is -2.72. The lowest BCUT2D eigenvalue weighted by molar-refractivity contribution is -0.120. The fourth-order valence-corrected chi connectivity index (χ4v) is 3.10. The van der Waals surface area contributed by atoms with E-state index in [0.717, 1.165) is 25.7 Å². The van der Waals surface area contributed by atoms with Crippen molar-refractivity contribution in [1.82, 2.24) is 0 Å². The molecule has 0 aliphatic heterocycles. The Morgan fingerprint density at radius 2 is 1.90 bits per heavy atom. The van der Waals surface area contributed by atoms with E-state index in [-0.39, 0.29) is 17.9 Å². The van der Waals surface area contributed by atoms with Gasteiger partial charge in [0.05, 0.1) is 6.16 Å². The van der Waals surface area contributed by atoms with E-state index in [1.54, 1.807) is 0 Å². The zero-order chi connectivity index (χ0) is 15.0. The molecule has 0 fully saturated rings. The van der Waals surface area contributed by atoms with Crippen molar-refractivity contribution in [2.75, 3.05) is 19.9 Å². The van der Waals surface area contributed by atoms with Gasteiger partial charge < -0.3 is 4.52 Å². The van der Waals surface area contributed by atoms with E-state index >= 15 is 0 Å². The van der Waals surface area contributed by atoms with E-state index in [4.69, 9.17) is 4.52 Å². The van der Waals surface area contributed by atoms with Crippen LogP contribution in [0.1, 0.15) is 31.7 Å². The molecule has 1 aromatic carbocycles. The Kier molecular flexibility index (Phi) is 7.18. The summed E-state index contributed by atoms with van der Waals surface area (Å²) in [5.41, 5.74) is 1.34. The van der Waals surface area contributed by atoms with Crippen LogP contribution in [-0.4, -0.2) is 25.7 Å². The van der Waals surface area contributed by atoms with Crippen molar-refractivity contribution in [2.24, 2.45) is 5.92 Å². The molecule has 112 valence electrons. The second-order valence-corrected chi connectivity index (χ2v) is 8.16. The van der Waals surface area contributed by atoms with Crippen molar-refractivity contribution >= 4 is 13.2 Å². The number of benzene rings is 1. The lowest BCUT2D eigenvalue weighted by Crippen LogP contribution is -2.15. The molecule has 1 rings (SSSR count). The Labute approximate surface area is 122 Å². The predicted octanol–water partition coefficient (Wildman–Crippen LogP) is 4.16. The van der Waals surface area contributed by atoms with Crippen molar-refractivity contribution in [3.05, 3.63) is 35.9 Å². The van der Waals surface area contributed by atoms with Crippen LogP contribution in [0.3, 0.4) is 0 Å². The van der Waals surface area contributed by atoms with Crippen molar-refractivity contribution in [3.63, 3.8) is 0 Å². The van der Waals surface area contributed by atoms with Gasteiger partial charge in [0, 0.05) is 19.7 Å². The number of rotatable bonds is 9. The maximum Gasteiger partial charge on any atom is 0.207 e. The highest BCUT2D eigenvalue weighted by Crippen LogP contribution is 2.41. The Hall–Kier alpha value is -0.920. The van der Waals surface area contributed by atoms with Crippen LogP contribution in [0.2, 0.25) is 0 Å². The smallest absolute Gasteiger partial charge is 0.207 e. The van der Waals surface area contributed by atoms with Crippen LogP contribution in [0.4, 0.5) is 0 Å². The van der Waals surface area contributed by atoms with E-state index in [1.807, 2.05) is 25.1 Å². The summed E-state index contributed by atoms with van der Waals surface area (Å²) in [4.78, 5) is 11.9. The molecule has 0 aliphatic carbocycles. The summed E-state index contributed by atoms with van der Waals surface area (Å²) in [5.74, 6) is 0.0200. The highest BCUT2D eigenvalue weighted by molar-refractivity contribution is 7.59. The predicted molar refractivity (Wildman–Crippen MR) is 83.6 cm³/mol. The Balaban J connectivity index is 2.24. The molecule has 0 aliphatic rings. The maximum absolute atomic E-state index is 11.9. The van der Waals surface area contributed by atoms with Crippen LogP contribution in [-0.2, 0) is 20.3 Å². The summed E-state index contributed by atoms with van der Waals surface area (Å²) in [6.45, 7) is 3.44. The maximum atomic E-state index is 11.9. The fourth-order valence-electron chi connectivity index (χ4n) is 2.09. The van der Waals surface area contributed by atoms with E-state index in [9.17, 15) is 9.36 Å². The van der Waals surface area contributed by atoms with Gasteiger partial charge in [-0.3, -0.25) is 9.36 Å². The van der Waals surface area contributed by atoms with Crippen LogP contribution in [0.5, 0.6) is 0 Å². The number of carbonyl (C=O) groups excluding carboxylic acids is 1. The van der Waals surface area contributed by atoms with Crippen molar-refractivity contribution in [2.45, 2.75) is 32.6 Å². The first-order valence-electron chi connectivity index (χ1n) is 7.13. The van der Waals surface area contributed by atoms with Crippen LogP contribution in [0.15, 0.2) is 30.3 Å². The number of aryl methyl sites for hydroxylation is 1. The lowest BCUT2D eigenvalue weighted by atomic mass is 9.98. The summed E-state index contributed by atoms with van der Waals surface area (Å²) in [7, 11) is -1.32. The minimum Gasteiger partial charge on any atom is -0.332 e. The molecule has 4 heteroatoms. The average molecular weight is 296 g/mol. The molecule has 0 N–H and O–H groups in total. The number of ketones is 1. The molecular formula is C16H25O3P. The van der Waals surface area contributed by atoms with Gasteiger partial charge in [0.15, 0.2) is 0 Å². The van der Waals surface area contributed by atoms with E-state index in [1.165, 1.54) is 19.3 Å². The first kappa shape index (κ1) is 17.1. The molecule has 2 atom stereocenters. The Bertz CT molecular complexity index is 456. The first-order chi connectivity index (χ1) is 9.44. The number of hydrogen-bond acceptors (Lipinski definition) is 3. The zero-order valence-electron chi connectivity index (χ0n) is 12.7. The van der Waals surface area contributed by atoms with Gasteiger partial charge in [-0.25, -0.2) is 0 Å². The minimum absolute atomic E-state index is 0.0331. The van der Waals surface area contributed by atoms with Gasteiger partial charge in [-0.15, -0.1) is 0 Å².